The van der Waals surface area contributed by atoms with Crippen LogP contribution in [0.4, 0.5) is 0 Å². The van der Waals surface area contributed by atoms with Crippen LogP contribution in [0.1, 0.15) is 31.4 Å². The summed E-state index contributed by atoms with van der Waals surface area (Å²) in [7, 11) is -3.69. The number of hydrogen-bond donors (Lipinski definition) is 2. The molecule has 0 saturated carbocycles. The van der Waals surface area contributed by atoms with Crippen molar-refractivity contribution in [1.29, 1.82) is 0 Å². The molecule has 6 heteroatoms. The summed E-state index contributed by atoms with van der Waals surface area (Å²) in [6.07, 6.45) is 4.50. The number of sulfonamides is 1. The number of aromatic nitrogens is 1. The molecule has 0 bridgehead atoms. The number of pyridine rings is 1. The molecule has 84 valence electrons. The third kappa shape index (κ3) is 3.26. The molecule has 0 saturated heterocycles. The molecule has 5 nitrogen and oxygen atoms in total. The molecule has 0 radical (unpaired) electrons. The molecule has 1 heterocycles. The van der Waals surface area contributed by atoms with Crippen molar-refractivity contribution >= 4 is 10.0 Å². The Balaban J connectivity index is 3.03. The van der Waals surface area contributed by atoms with Gasteiger partial charge in [0.15, 0.2) is 0 Å². The molecule has 0 aliphatic heterocycles. The number of nitrogens with two attached hydrogens (primary N) is 2. The number of rotatable bonds is 4. The van der Waals surface area contributed by atoms with Gasteiger partial charge in [-0.2, -0.15) is 0 Å². The Morgan fingerprint density at radius 3 is 2.67 bits per heavy atom. The van der Waals surface area contributed by atoms with Crippen molar-refractivity contribution in [3.8, 4) is 0 Å². The van der Waals surface area contributed by atoms with Gasteiger partial charge < -0.3 is 5.73 Å². The smallest absolute Gasteiger partial charge is 0.239 e. The van der Waals surface area contributed by atoms with E-state index in [1.807, 2.05) is 6.92 Å². The van der Waals surface area contributed by atoms with Crippen molar-refractivity contribution in [2.75, 3.05) is 0 Å². The maximum atomic E-state index is 11.1. The van der Waals surface area contributed by atoms with Crippen molar-refractivity contribution in [3.05, 3.63) is 24.0 Å². The Morgan fingerprint density at radius 2 is 2.13 bits per heavy atom. The van der Waals surface area contributed by atoms with Crippen LogP contribution in [-0.2, 0) is 10.0 Å². The van der Waals surface area contributed by atoms with Gasteiger partial charge in [-0.25, -0.2) is 13.6 Å². The molecular weight excluding hydrogens is 214 g/mol. The molecule has 0 fully saturated rings. The summed E-state index contributed by atoms with van der Waals surface area (Å²) in [6.45, 7) is 2.01. The van der Waals surface area contributed by atoms with Gasteiger partial charge in [0.2, 0.25) is 10.0 Å². The van der Waals surface area contributed by atoms with E-state index in [1.165, 1.54) is 12.3 Å². The standard InChI is InChI=1S/C9H15N3O2S/c1-2-3-9(10)7-4-8(6-12-5-7)15(11,13)14/h4-6,9H,2-3,10H2,1H3,(H2,11,13,14). The van der Waals surface area contributed by atoms with Gasteiger partial charge in [-0.3, -0.25) is 4.98 Å². The lowest BCUT2D eigenvalue weighted by molar-refractivity contribution is 0.595. The fourth-order valence-electron chi connectivity index (χ4n) is 1.27. The van der Waals surface area contributed by atoms with E-state index in [0.717, 1.165) is 12.8 Å². The minimum Gasteiger partial charge on any atom is -0.324 e. The maximum Gasteiger partial charge on any atom is 0.239 e. The molecule has 0 aromatic carbocycles. The van der Waals surface area contributed by atoms with E-state index in [9.17, 15) is 8.42 Å². The highest BCUT2D eigenvalue weighted by Gasteiger charge is 2.11. The zero-order chi connectivity index (χ0) is 11.5. The van der Waals surface area contributed by atoms with Crippen LogP contribution in [0.15, 0.2) is 23.4 Å². The number of nitrogens with zero attached hydrogens (tertiary/aromatic N) is 1. The summed E-state index contributed by atoms with van der Waals surface area (Å²) < 4.78 is 22.1. The first-order valence-electron chi connectivity index (χ1n) is 4.68. The highest BCUT2D eigenvalue weighted by molar-refractivity contribution is 7.89. The molecule has 1 aromatic rings. The van der Waals surface area contributed by atoms with Crippen molar-refractivity contribution in [3.63, 3.8) is 0 Å². The zero-order valence-electron chi connectivity index (χ0n) is 8.55. The third-order valence-corrected chi connectivity index (χ3v) is 2.97. The van der Waals surface area contributed by atoms with Crippen LogP contribution >= 0.6 is 0 Å². The summed E-state index contributed by atoms with van der Waals surface area (Å²) in [4.78, 5) is 3.82. The molecular formula is C9H15N3O2S. The first-order chi connectivity index (χ1) is 6.95. The second-order valence-electron chi connectivity index (χ2n) is 3.39. The Hall–Kier alpha value is -0.980. The molecule has 1 aromatic heterocycles. The van der Waals surface area contributed by atoms with E-state index in [4.69, 9.17) is 10.9 Å². The second-order valence-corrected chi connectivity index (χ2v) is 4.96. The lowest BCUT2D eigenvalue weighted by Crippen LogP contribution is -2.15. The Morgan fingerprint density at radius 1 is 1.47 bits per heavy atom. The molecule has 15 heavy (non-hydrogen) atoms. The van der Waals surface area contributed by atoms with E-state index in [-0.39, 0.29) is 10.9 Å². The van der Waals surface area contributed by atoms with Crippen molar-refractivity contribution < 1.29 is 8.42 Å². The highest BCUT2D eigenvalue weighted by Crippen LogP contribution is 2.17. The fourth-order valence-corrected chi connectivity index (χ4v) is 1.78. The monoisotopic (exact) mass is 229 g/mol. The highest BCUT2D eigenvalue weighted by atomic mass is 32.2. The van der Waals surface area contributed by atoms with Crippen LogP contribution in [0.5, 0.6) is 0 Å². The lowest BCUT2D eigenvalue weighted by atomic mass is 10.1. The average molecular weight is 229 g/mol. The van der Waals surface area contributed by atoms with Crippen LogP contribution in [0.3, 0.4) is 0 Å². The molecule has 0 aliphatic rings. The SMILES string of the molecule is CCCC(N)c1cncc(S(N)(=O)=O)c1. The summed E-state index contributed by atoms with van der Waals surface area (Å²) in [5.41, 5.74) is 6.54. The molecule has 0 aliphatic carbocycles. The van der Waals surface area contributed by atoms with Gasteiger partial charge in [0.05, 0.1) is 0 Å². The molecule has 4 N–H and O–H groups in total. The second kappa shape index (κ2) is 4.69. The lowest BCUT2D eigenvalue weighted by Gasteiger charge is -2.10. The fraction of sp³-hybridized carbons (Fsp3) is 0.444. The van der Waals surface area contributed by atoms with E-state index in [2.05, 4.69) is 4.98 Å². The molecule has 1 atom stereocenters. The quantitative estimate of drug-likeness (QED) is 0.786. The summed E-state index contributed by atoms with van der Waals surface area (Å²) in [5, 5.41) is 4.99. The largest absolute Gasteiger partial charge is 0.324 e. The van der Waals surface area contributed by atoms with Crippen molar-refractivity contribution in [2.24, 2.45) is 10.9 Å². The van der Waals surface area contributed by atoms with Gasteiger partial charge in [0.1, 0.15) is 4.90 Å². The van der Waals surface area contributed by atoms with Crippen LogP contribution < -0.4 is 10.9 Å². The van der Waals surface area contributed by atoms with Crippen molar-refractivity contribution in [2.45, 2.75) is 30.7 Å². The molecule has 1 rings (SSSR count). The first kappa shape index (κ1) is 12.1. The van der Waals surface area contributed by atoms with Crippen molar-refractivity contribution in [1.82, 2.24) is 4.98 Å². The van der Waals surface area contributed by atoms with Crippen LogP contribution in [0.25, 0.3) is 0 Å². The Kier molecular flexibility index (Phi) is 3.78. The van der Waals surface area contributed by atoms with Crippen LogP contribution in [0.2, 0.25) is 0 Å². The summed E-state index contributed by atoms with van der Waals surface area (Å²) >= 11 is 0. The van der Waals surface area contributed by atoms with E-state index in [1.54, 1.807) is 6.20 Å². The van der Waals surface area contributed by atoms with Gasteiger partial charge in [-0.05, 0) is 18.1 Å². The van der Waals surface area contributed by atoms with Gasteiger partial charge in [-0.15, -0.1) is 0 Å². The van der Waals surface area contributed by atoms with Crippen LogP contribution in [0, 0.1) is 0 Å². The van der Waals surface area contributed by atoms with Gasteiger partial charge in [0, 0.05) is 18.4 Å². The van der Waals surface area contributed by atoms with Gasteiger partial charge in [-0.1, -0.05) is 13.3 Å². The van der Waals surface area contributed by atoms with E-state index in [0.29, 0.717) is 5.56 Å². The molecule has 0 spiro atoms. The molecule has 0 amide bonds. The van der Waals surface area contributed by atoms with Gasteiger partial charge in [0.25, 0.3) is 0 Å². The maximum absolute atomic E-state index is 11.1. The predicted octanol–water partition coefficient (Wildman–Crippen LogP) is 0.529. The van der Waals surface area contributed by atoms with Gasteiger partial charge >= 0.3 is 0 Å². The number of primary sulfonamides is 1. The average Bonchev–Trinajstić information content (AvgIpc) is 2.17. The minimum absolute atomic E-state index is 0.00607. The topological polar surface area (TPSA) is 99.1 Å². The zero-order valence-corrected chi connectivity index (χ0v) is 9.37. The van der Waals surface area contributed by atoms with E-state index >= 15 is 0 Å². The first-order valence-corrected chi connectivity index (χ1v) is 6.23. The van der Waals surface area contributed by atoms with Crippen LogP contribution in [-0.4, -0.2) is 13.4 Å². The number of hydrogen-bond acceptors (Lipinski definition) is 4. The normalized spacial score (nSPS) is 13.8. The Labute approximate surface area is 89.6 Å². The van der Waals surface area contributed by atoms with E-state index < -0.39 is 10.0 Å². The summed E-state index contributed by atoms with van der Waals surface area (Å²) in [5.74, 6) is 0. The molecule has 1 unspecified atom stereocenters. The Bertz CT molecular complexity index is 431. The third-order valence-electron chi connectivity index (χ3n) is 2.09. The minimum atomic E-state index is -3.69. The summed E-state index contributed by atoms with van der Waals surface area (Å²) in [6, 6.07) is 1.28. The predicted molar refractivity (Wildman–Crippen MR) is 57.4 cm³/mol.